The highest BCUT2D eigenvalue weighted by Crippen LogP contribution is 2.66. The van der Waals surface area contributed by atoms with Gasteiger partial charge in [-0.1, -0.05) is 144 Å². The highest BCUT2D eigenvalue weighted by molar-refractivity contribution is 8.45. The van der Waals surface area contributed by atoms with Crippen LogP contribution in [-0.2, 0) is 0 Å². The third-order valence-electron chi connectivity index (χ3n) is 8.57. The summed E-state index contributed by atoms with van der Waals surface area (Å²) in [6.07, 6.45) is 1.29. The summed E-state index contributed by atoms with van der Waals surface area (Å²) >= 11 is 15.8. The quantitative estimate of drug-likeness (QED) is 0.0979. The van der Waals surface area contributed by atoms with Gasteiger partial charge in [0.1, 0.15) is 11.5 Å². The average molecular weight is 813 g/mol. The van der Waals surface area contributed by atoms with E-state index < -0.39 is 0 Å². The molecule has 0 aliphatic carbocycles. The summed E-state index contributed by atoms with van der Waals surface area (Å²) in [5, 5.41) is 9.55. The van der Waals surface area contributed by atoms with Crippen molar-refractivity contribution in [3.63, 3.8) is 0 Å². The number of fused-ring (bicyclic) bond motifs is 4. The highest BCUT2D eigenvalue weighted by atomic mass is 32.3. The molecule has 0 fully saturated rings. The van der Waals surface area contributed by atoms with Crippen molar-refractivity contribution >= 4 is 137 Å². The first-order valence-electron chi connectivity index (χ1n) is 16.8. The first-order valence-corrected chi connectivity index (χ1v) is 24.0. The molecule has 0 spiro atoms. The fourth-order valence-electron chi connectivity index (χ4n) is 6.27. The molecule has 0 aromatic heterocycles. The van der Waals surface area contributed by atoms with Crippen LogP contribution in [-0.4, -0.2) is 36.2 Å². The largest absolute Gasteiger partial charge is 0.491 e. The van der Waals surface area contributed by atoms with Crippen LogP contribution in [0.4, 0.5) is 0 Å². The Labute approximate surface area is 332 Å². The van der Waals surface area contributed by atoms with Crippen LogP contribution in [0, 0.1) is 0 Å². The SMILES string of the molecule is c1ccc2c(OCCSC3=C(SCCOc4c5ccccc5cc5ccccc45)SC(=C4SC5=C(SCCCS5)S4)S3)c3ccccc3cc2c1. The van der Waals surface area contributed by atoms with E-state index in [2.05, 4.69) is 109 Å². The molecule has 2 nitrogen and oxygen atoms in total. The molecule has 0 N–H and O–H groups in total. The molecule has 51 heavy (non-hydrogen) atoms. The van der Waals surface area contributed by atoms with E-state index in [9.17, 15) is 0 Å². The number of benzene rings is 6. The van der Waals surface area contributed by atoms with Crippen LogP contribution in [0.25, 0.3) is 43.1 Å². The summed E-state index contributed by atoms with van der Waals surface area (Å²) in [6, 6.07) is 38.8. The van der Waals surface area contributed by atoms with E-state index >= 15 is 0 Å². The van der Waals surface area contributed by atoms with E-state index in [-0.39, 0.29) is 0 Å². The number of ether oxygens (including phenoxy) is 2. The Balaban J connectivity index is 0.918. The molecule has 0 radical (unpaired) electrons. The maximum atomic E-state index is 6.63. The summed E-state index contributed by atoms with van der Waals surface area (Å²) in [5.41, 5.74) is 0. The maximum Gasteiger partial charge on any atom is 0.134 e. The third kappa shape index (κ3) is 7.54. The molecule has 0 saturated carbocycles. The van der Waals surface area contributed by atoms with Crippen LogP contribution < -0.4 is 9.47 Å². The van der Waals surface area contributed by atoms with Crippen LogP contribution in [0.5, 0.6) is 11.5 Å². The molecule has 3 heterocycles. The second kappa shape index (κ2) is 16.1. The molecule has 10 heteroatoms. The zero-order valence-corrected chi connectivity index (χ0v) is 34.0. The lowest BCUT2D eigenvalue weighted by Crippen LogP contribution is -2.02. The molecule has 3 aliphatic rings. The molecule has 9 rings (SSSR count). The molecule has 256 valence electrons. The normalized spacial score (nSPS) is 16.5. The van der Waals surface area contributed by atoms with Gasteiger partial charge in [-0.3, -0.25) is 0 Å². The summed E-state index contributed by atoms with van der Waals surface area (Å²) in [7, 11) is 0. The average Bonchev–Trinajstić information content (AvgIpc) is 3.70. The summed E-state index contributed by atoms with van der Waals surface area (Å²) in [5.74, 6) is 6.19. The first-order chi connectivity index (χ1) is 25.3. The fourth-order valence-corrected chi connectivity index (χ4v) is 18.2. The minimum Gasteiger partial charge on any atom is -0.491 e. The van der Waals surface area contributed by atoms with Crippen LogP contribution >= 0.6 is 94.1 Å². The first kappa shape index (κ1) is 34.7. The van der Waals surface area contributed by atoms with E-state index in [0.29, 0.717) is 13.2 Å². The molecule has 0 amide bonds. The van der Waals surface area contributed by atoms with Gasteiger partial charge in [0.15, 0.2) is 0 Å². The molecule has 0 bridgehead atoms. The van der Waals surface area contributed by atoms with E-state index in [4.69, 9.17) is 9.47 Å². The molecular weight excluding hydrogens is 781 g/mol. The topological polar surface area (TPSA) is 18.5 Å². The summed E-state index contributed by atoms with van der Waals surface area (Å²) in [4.78, 5) is 0. The molecule has 0 saturated heterocycles. The van der Waals surface area contributed by atoms with Crippen LogP contribution in [0.15, 0.2) is 135 Å². The zero-order valence-electron chi connectivity index (χ0n) is 27.4. The Morgan fingerprint density at radius 3 is 1.24 bits per heavy atom. The van der Waals surface area contributed by atoms with Crippen molar-refractivity contribution in [2.24, 2.45) is 0 Å². The van der Waals surface area contributed by atoms with Crippen molar-refractivity contribution in [1.82, 2.24) is 0 Å². The van der Waals surface area contributed by atoms with Gasteiger partial charge in [-0.05, 0) is 51.6 Å². The van der Waals surface area contributed by atoms with Crippen molar-refractivity contribution in [3.8, 4) is 11.5 Å². The smallest absolute Gasteiger partial charge is 0.134 e. The Morgan fingerprint density at radius 2 is 0.824 bits per heavy atom. The van der Waals surface area contributed by atoms with Crippen LogP contribution in [0.2, 0.25) is 0 Å². The predicted octanol–water partition coefficient (Wildman–Crippen LogP) is 14.4. The fraction of sp³-hybridized carbons (Fsp3) is 0.171. The van der Waals surface area contributed by atoms with Gasteiger partial charge in [-0.2, -0.15) is 0 Å². The van der Waals surface area contributed by atoms with Crippen molar-refractivity contribution in [3.05, 3.63) is 135 Å². The van der Waals surface area contributed by atoms with Gasteiger partial charge in [-0.25, -0.2) is 0 Å². The summed E-state index contributed by atoms with van der Waals surface area (Å²) < 4.78 is 21.9. The van der Waals surface area contributed by atoms with E-state index in [1.165, 1.54) is 86.4 Å². The number of hydrogen-bond acceptors (Lipinski definition) is 10. The second-order valence-electron chi connectivity index (χ2n) is 11.9. The second-order valence-corrected chi connectivity index (χ2v) is 21.9. The lowest BCUT2D eigenvalue weighted by atomic mass is 10.0. The van der Waals surface area contributed by atoms with Crippen molar-refractivity contribution in [1.29, 1.82) is 0 Å². The number of hydrogen-bond donors (Lipinski definition) is 0. The van der Waals surface area contributed by atoms with E-state index in [1.54, 1.807) is 0 Å². The minimum atomic E-state index is 0.644. The number of thioether (sulfide) groups is 8. The van der Waals surface area contributed by atoms with Gasteiger partial charge < -0.3 is 9.47 Å². The molecule has 6 aromatic rings. The lowest BCUT2D eigenvalue weighted by molar-refractivity contribution is 0.352. The Hall–Kier alpha value is -2.02. The lowest BCUT2D eigenvalue weighted by Gasteiger charge is -2.14. The van der Waals surface area contributed by atoms with Crippen LogP contribution in [0.3, 0.4) is 0 Å². The monoisotopic (exact) mass is 812 g/mol. The molecule has 6 aromatic carbocycles. The zero-order chi connectivity index (χ0) is 34.0. The van der Waals surface area contributed by atoms with Crippen molar-refractivity contribution in [2.75, 3.05) is 36.2 Å². The Morgan fingerprint density at radius 1 is 0.451 bits per heavy atom. The maximum absolute atomic E-state index is 6.63. The Bertz CT molecular complexity index is 2110. The predicted molar refractivity (Wildman–Crippen MR) is 240 cm³/mol. The molecule has 0 atom stereocenters. The third-order valence-corrected chi connectivity index (χ3v) is 20.2. The van der Waals surface area contributed by atoms with E-state index in [0.717, 1.165) is 23.0 Å². The standard InChI is InChI=1S/C41H32O2S8/c1-5-14-30-26(10-1)24-27-11-2-6-15-31(27)34(30)42-18-22-46-38-39(51-41(50-38)40-48-36-37(49-40)45-21-9-20-44-36)47-23-19-43-35-32-16-7-3-12-28(32)25-29-13-4-8-17-33(29)35/h1-8,10-17,24-25H,9,18-23H2. The van der Waals surface area contributed by atoms with Gasteiger partial charge >= 0.3 is 0 Å². The van der Waals surface area contributed by atoms with Crippen LogP contribution in [0.1, 0.15) is 6.42 Å². The van der Waals surface area contributed by atoms with Gasteiger partial charge in [0.05, 0.1) is 38.6 Å². The van der Waals surface area contributed by atoms with E-state index in [1.807, 2.05) is 94.1 Å². The summed E-state index contributed by atoms with van der Waals surface area (Å²) in [6.45, 7) is 1.29. The molecule has 0 unspecified atom stereocenters. The van der Waals surface area contributed by atoms with Crippen molar-refractivity contribution < 1.29 is 9.47 Å². The van der Waals surface area contributed by atoms with Gasteiger partial charge in [0, 0.05) is 33.1 Å². The van der Waals surface area contributed by atoms with Gasteiger partial charge in [0.2, 0.25) is 0 Å². The molecular formula is C41H32O2S8. The van der Waals surface area contributed by atoms with Gasteiger partial charge in [0.25, 0.3) is 0 Å². The Kier molecular flexibility index (Phi) is 11.0. The minimum absolute atomic E-state index is 0.644. The van der Waals surface area contributed by atoms with Crippen molar-refractivity contribution in [2.45, 2.75) is 6.42 Å². The molecule has 3 aliphatic heterocycles. The van der Waals surface area contributed by atoms with Gasteiger partial charge in [-0.15, -0.1) is 47.0 Å². The number of rotatable bonds is 10. The highest BCUT2D eigenvalue weighted by Gasteiger charge is 2.31.